The average Bonchev–Trinajstić information content (AvgIpc) is 3.76. The summed E-state index contributed by atoms with van der Waals surface area (Å²) >= 11 is 0. The van der Waals surface area contributed by atoms with Gasteiger partial charge in [-0.2, -0.15) is 0 Å². The molecule has 0 unspecified atom stereocenters. The number of benzene rings is 4. The van der Waals surface area contributed by atoms with Crippen LogP contribution in [0.3, 0.4) is 0 Å². The van der Waals surface area contributed by atoms with E-state index in [1.165, 1.54) is 13.8 Å². The Bertz CT molecular complexity index is 2310. The lowest BCUT2D eigenvalue weighted by Gasteiger charge is -2.09. The van der Waals surface area contributed by atoms with Crippen LogP contribution in [-0.4, -0.2) is 45.7 Å². The predicted molar refractivity (Wildman–Crippen MR) is 226 cm³/mol. The van der Waals surface area contributed by atoms with Gasteiger partial charge in [0.2, 0.25) is 11.8 Å². The van der Waals surface area contributed by atoms with Gasteiger partial charge in [0, 0.05) is 60.1 Å². The van der Waals surface area contributed by atoms with Gasteiger partial charge in [0.25, 0.3) is 11.8 Å². The van der Waals surface area contributed by atoms with Crippen molar-refractivity contribution in [3.63, 3.8) is 0 Å². The van der Waals surface area contributed by atoms with Gasteiger partial charge in [-0.3, -0.25) is 19.2 Å². The van der Waals surface area contributed by atoms with Crippen molar-refractivity contribution >= 4 is 70.1 Å². The van der Waals surface area contributed by atoms with Gasteiger partial charge in [0.15, 0.2) is 0 Å². The van der Waals surface area contributed by atoms with Crippen molar-refractivity contribution in [3.05, 3.63) is 132 Å². The first-order chi connectivity index (χ1) is 27.7. The molecule has 0 aliphatic heterocycles. The third kappa shape index (κ3) is 11.0. The van der Waals surface area contributed by atoms with Gasteiger partial charge in [-0.05, 0) is 84.6 Å². The summed E-state index contributed by atoms with van der Waals surface area (Å²) in [4.78, 5) is 76.4. The highest BCUT2D eigenvalue weighted by Gasteiger charge is 2.20. The number of nitrogens with two attached hydrogens (primary N) is 2. The SMILES string of the molecule is CC(=O)Nc1[nH]cc(-c2ccc(NC(=O)Nc3cccc(C)c3)cc2)c1C(N)=O.CC(=O)Nc1[nH]cc(-c2ccc(NC(=O)Nc3cccc(C)c3)cc2)c1C(N)=O. The summed E-state index contributed by atoms with van der Waals surface area (Å²) in [5.41, 5.74) is 18.5. The molecule has 0 saturated carbocycles. The topological polar surface area (TPSA) is 258 Å². The molecule has 6 aromatic rings. The number of carbonyl (C=O) groups is 6. The molecule has 0 fully saturated rings. The number of aryl methyl sites for hydroxylation is 2. The Hall–Kier alpha value is -8.14. The Kier molecular flexibility index (Phi) is 13.1. The summed E-state index contributed by atoms with van der Waals surface area (Å²) in [7, 11) is 0. The second-order valence-corrected chi connectivity index (χ2v) is 13.0. The lowest BCUT2D eigenvalue weighted by Crippen LogP contribution is -2.19. The van der Waals surface area contributed by atoms with Crippen molar-refractivity contribution in [1.29, 1.82) is 0 Å². The van der Waals surface area contributed by atoms with Crippen LogP contribution in [0.25, 0.3) is 22.3 Å². The van der Waals surface area contributed by atoms with Crippen molar-refractivity contribution < 1.29 is 28.8 Å². The molecule has 0 aliphatic carbocycles. The Labute approximate surface area is 333 Å². The van der Waals surface area contributed by atoms with E-state index in [0.717, 1.165) is 11.1 Å². The molecule has 0 saturated heterocycles. The predicted octanol–water partition coefficient (Wildman–Crippen LogP) is 7.38. The van der Waals surface area contributed by atoms with Crippen LogP contribution in [-0.2, 0) is 9.59 Å². The number of urea groups is 2. The fourth-order valence-corrected chi connectivity index (χ4v) is 5.86. The van der Waals surface area contributed by atoms with Crippen LogP contribution in [0.1, 0.15) is 45.7 Å². The van der Waals surface area contributed by atoms with E-state index in [1.54, 1.807) is 73.1 Å². The van der Waals surface area contributed by atoms with Gasteiger partial charge < -0.3 is 53.3 Å². The number of primary amides is 2. The lowest BCUT2D eigenvalue weighted by atomic mass is 10.0. The molecule has 0 aliphatic rings. The molecule has 8 amide bonds. The molecule has 6 rings (SSSR count). The molecular weight excluding hydrogens is 741 g/mol. The highest BCUT2D eigenvalue weighted by atomic mass is 16.2. The molecule has 2 heterocycles. The van der Waals surface area contributed by atoms with Crippen LogP contribution in [0.2, 0.25) is 0 Å². The maximum atomic E-state index is 12.2. The molecule has 12 N–H and O–H groups in total. The van der Waals surface area contributed by atoms with Gasteiger partial charge >= 0.3 is 12.1 Å². The van der Waals surface area contributed by atoms with Gasteiger partial charge in [0.05, 0.1) is 11.1 Å². The average molecular weight is 783 g/mol. The number of amides is 8. The van der Waals surface area contributed by atoms with E-state index < -0.39 is 11.8 Å². The third-order valence-corrected chi connectivity index (χ3v) is 8.31. The molecule has 0 radical (unpaired) electrons. The van der Waals surface area contributed by atoms with Crippen molar-refractivity contribution in [1.82, 2.24) is 9.97 Å². The third-order valence-electron chi connectivity index (χ3n) is 8.31. The molecule has 16 heteroatoms. The summed E-state index contributed by atoms with van der Waals surface area (Å²) in [6.07, 6.45) is 3.19. The zero-order valence-corrected chi connectivity index (χ0v) is 32.0. The molecule has 0 bridgehead atoms. The summed E-state index contributed by atoms with van der Waals surface area (Å²) < 4.78 is 0. The van der Waals surface area contributed by atoms with Gasteiger partial charge in [0.1, 0.15) is 11.6 Å². The summed E-state index contributed by atoms with van der Waals surface area (Å²) in [6.45, 7) is 6.57. The van der Waals surface area contributed by atoms with E-state index in [4.69, 9.17) is 11.5 Å². The fourth-order valence-electron chi connectivity index (χ4n) is 5.86. The lowest BCUT2D eigenvalue weighted by molar-refractivity contribution is -0.115. The minimum Gasteiger partial charge on any atom is -0.365 e. The summed E-state index contributed by atoms with van der Waals surface area (Å²) in [5, 5.41) is 16.1. The first-order valence-corrected chi connectivity index (χ1v) is 17.7. The highest BCUT2D eigenvalue weighted by Crippen LogP contribution is 2.31. The van der Waals surface area contributed by atoms with Crippen LogP contribution in [0.5, 0.6) is 0 Å². The Morgan fingerprint density at radius 2 is 0.810 bits per heavy atom. The standard InChI is InChI=1S/2C21H21N5O3/c2*1-12-4-3-5-16(10-12)26-21(29)25-15-8-6-14(7-9-15)17-11-23-20(24-13(2)27)18(17)19(22)28/h2*3-11,23H,1-2H3,(H2,22,28)(H,24,27)(H2,25,26,29). The highest BCUT2D eigenvalue weighted by molar-refractivity contribution is 6.09. The van der Waals surface area contributed by atoms with Crippen LogP contribution in [0.4, 0.5) is 44.0 Å². The van der Waals surface area contributed by atoms with E-state index in [9.17, 15) is 28.8 Å². The van der Waals surface area contributed by atoms with E-state index in [-0.39, 0.29) is 46.6 Å². The fraction of sp³-hybridized carbons (Fsp3) is 0.0952. The molecule has 4 aromatic carbocycles. The van der Waals surface area contributed by atoms with Crippen molar-refractivity contribution in [2.45, 2.75) is 27.7 Å². The van der Waals surface area contributed by atoms with Crippen molar-refractivity contribution in [3.8, 4) is 22.3 Å². The second-order valence-electron chi connectivity index (χ2n) is 13.0. The maximum Gasteiger partial charge on any atom is 0.323 e. The molecule has 0 atom stereocenters. The van der Waals surface area contributed by atoms with E-state index >= 15 is 0 Å². The number of aromatic amines is 2. The number of carbonyl (C=O) groups excluding carboxylic acids is 6. The Morgan fingerprint density at radius 1 is 0.466 bits per heavy atom. The zero-order valence-electron chi connectivity index (χ0n) is 32.0. The monoisotopic (exact) mass is 782 g/mol. The normalized spacial score (nSPS) is 10.3. The number of anilines is 6. The summed E-state index contributed by atoms with van der Waals surface area (Å²) in [5.74, 6) is -1.46. The Morgan fingerprint density at radius 3 is 1.12 bits per heavy atom. The number of aromatic nitrogens is 2. The molecular formula is C42H42N10O6. The quantitative estimate of drug-likeness (QED) is 0.0677. The maximum absolute atomic E-state index is 12.2. The van der Waals surface area contributed by atoms with Gasteiger partial charge in [-0.1, -0.05) is 48.5 Å². The van der Waals surface area contributed by atoms with Crippen molar-refractivity contribution in [2.75, 3.05) is 31.9 Å². The smallest absolute Gasteiger partial charge is 0.323 e. The van der Waals surface area contributed by atoms with E-state index in [2.05, 4.69) is 41.9 Å². The first kappa shape index (κ1) is 41.0. The molecule has 58 heavy (non-hydrogen) atoms. The Balaban J connectivity index is 0.000000221. The van der Waals surface area contributed by atoms with Crippen LogP contribution in [0, 0.1) is 13.8 Å². The molecule has 2 aromatic heterocycles. The van der Waals surface area contributed by atoms with E-state index in [0.29, 0.717) is 45.0 Å². The number of rotatable bonds is 10. The van der Waals surface area contributed by atoms with Crippen LogP contribution in [0.15, 0.2) is 109 Å². The summed E-state index contributed by atoms with van der Waals surface area (Å²) in [6, 6.07) is 28.1. The minimum atomic E-state index is -0.662. The number of hydrogen-bond acceptors (Lipinski definition) is 6. The molecule has 296 valence electrons. The zero-order chi connectivity index (χ0) is 41.9. The van der Waals surface area contributed by atoms with E-state index in [1.807, 2.05) is 50.2 Å². The molecule has 16 nitrogen and oxygen atoms in total. The molecule has 0 spiro atoms. The van der Waals surface area contributed by atoms with Gasteiger partial charge in [-0.15, -0.1) is 0 Å². The number of H-pyrrole nitrogens is 2. The minimum absolute atomic E-state index is 0.193. The van der Waals surface area contributed by atoms with Crippen LogP contribution >= 0.6 is 0 Å². The number of nitrogens with one attached hydrogen (secondary N) is 8. The van der Waals surface area contributed by atoms with Crippen molar-refractivity contribution in [2.24, 2.45) is 11.5 Å². The second kappa shape index (κ2) is 18.5. The number of hydrogen-bond donors (Lipinski definition) is 10. The van der Waals surface area contributed by atoms with Gasteiger partial charge in [-0.25, -0.2) is 9.59 Å². The first-order valence-electron chi connectivity index (χ1n) is 17.7. The largest absolute Gasteiger partial charge is 0.365 e. The van der Waals surface area contributed by atoms with Crippen LogP contribution < -0.4 is 43.4 Å².